The number of nitrogens with two attached hydrogens (primary N) is 1. The Morgan fingerprint density at radius 2 is 2.12 bits per heavy atom. The van der Waals surface area contributed by atoms with Crippen molar-refractivity contribution in [1.82, 2.24) is 15.3 Å². The van der Waals surface area contributed by atoms with Crippen molar-refractivity contribution in [3.05, 3.63) is 57.5 Å². The van der Waals surface area contributed by atoms with Crippen LogP contribution in [-0.4, -0.2) is 34.7 Å². The number of carbonyl (C=O) groups is 1. The molecule has 0 bridgehead atoms. The predicted molar refractivity (Wildman–Crippen MR) is 82.9 cm³/mol. The first-order valence-electron chi connectivity index (χ1n) is 7.02. The third-order valence-corrected chi connectivity index (χ3v) is 3.19. The zero-order chi connectivity index (χ0) is 17.7. The van der Waals surface area contributed by atoms with Crippen LogP contribution in [0.2, 0.25) is 0 Å². The normalized spacial score (nSPS) is 12.0. The van der Waals surface area contributed by atoms with Gasteiger partial charge in [0, 0.05) is 13.7 Å². The number of halogens is 1. The van der Waals surface area contributed by atoms with E-state index in [1.807, 2.05) is 0 Å². The van der Waals surface area contributed by atoms with Gasteiger partial charge in [0.05, 0.1) is 12.6 Å². The molecule has 1 heterocycles. The van der Waals surface area contributed by atoms with E-state index < -0.39 is 34.8 Å². The average Bonchev–Trinajstić information content (AvgIpc) is 2.56. The molecule has 24 heavy (non-hydrogen) atoms. The first-order chi connectivity index (χ1) is 11.4. The van der Waals surface area contributed by atoms with Crippen molar-refractivity contribution in [3.8, 4) is 5.75 Å². The van der Waals surface area contributed by atoms with Crippen LogP contribution in [-0.2, 0) is 11.3 Å². The summed E-state index contributed by atoms with van der Waals surface area (Å²) < 4.78 is 17.7. The molecule has 1 aromatic heterocycles. The van der Waals surface area contributed by atoms with Crippen molar-refractivity contribution in [3.63, 3.8) is 0 Å². The summed E-state index contributed by atoms with van der Waals surface area (Å²) in [5, 5.41) is 12.2. The quantitative estimate of drug-likeness (QED) is 0.596. The Balaban J connectivity index is 2.18. The lowest BCUT2D eigenvalue weighted by molar-refractivity contribution is 0.0941. The van der Waals surface area contributed by atoms with E-state index in [-0.39, 0.29) is 19.0 Å². The molecular weight excluding hydrogens is 319 g/mol. The second-order valence-electron chi connectivity index (χ2n) is 5.02. The Hall–Kier alpha value is -2.78. The van der Waals surface area contributed by atoms with Gasteiger partial charge >= 0.3 is 0 Å². The predicted octanol–water partition coefficient (Wildman–Crippen LogP) is 0.191. The molecule has 1 unspecified atom stereocenters. The number of methoxy groups -OCH3 is 1. The fraction of sp³-hybridized carbons (Fsp3) is 0.267. The minimum atomic E-state index is -0.876. The fourth-order valence-corrected chi connectivity index (χ4v) is 1.95. The smallest absolute Gasteiger partial charge is 0.293 e. The molecule has 5 N–H and O–H groups in total. The van der Waals surface area contributed by atoms with Crippen LogP contribution in [0.3, 0.4) is 0 Å². The Bertz CT molecular complexity index is 776. The highest BCUT2D eigenvalue weighted by Gasteiger charge is 2.20. The number of aromatic hydroxyl groups is 1. The molecule has 9 heteroatoms. The van der Waals surface area contributed by atoms with Gasteiger partial charge in [-0.2, -0.15) is 0 Å². The molecular formula is C15H17FN4O4. The molecule has 0 saturated heterocycles. The number of carbonyl (C=O) groups excluding carboxylic acids is 1. The molecule has 2 rings (SSSR count). The molecule has 1 atom stereocenters. The minimum absolute atomic E-state index is 0.0200. The van der Waals surface area contributed by atoms with E-state index in [9.17, 15) is 19.1 Å². The molecule has 0 aliphatic rings. The first-order valence-corrected chi connectivity index (χ1v) is 7.02. The van der Waals surface area contributed by atoms with Gasteiger partial charge in [-0.1, -0.05) is 12.1 Å². The van der Waals surface area contributed by atoms with E-state index >= 15 is 0 Å². The van der Waals surface area contributed by atoms with E-state index in [4.69, 9.17) is 10.5 Å². The summed E-state index contributed by atoms with van der Waals surface area (Å²) in [4.78, 5) is 30.1. The van der Waals surface area contributed by atoms with Crippen LogP contribution >= 0.6 is 0 Å². The standard InChI is InChI=1S/C15H17FN4O4/c1-24-7-10(17)13-19-11(12(21)15(23)20-13)14(22)18-6-8-2-4-9(16)5-3-8/h2-5,10,21H,6-7,17H2,1H3,(H,18,22)(H,19,20,23). The Kier molecular flexibility index (Phi) is 5.61. The van der Waals surface area contributed by atoms with Crippen LogP contribution in [0, 0.1) is 5.82 Å². The van der Waals surface area contributed by atoms with Crippen LogP contribution in [0.5, 0.6) is 5.75 Å². The maximum absolute atomic E-state index is 12.8. The van der Waals surface area contributed by atoms with Crippen LogP contribution in [0.15, 0.2) is 29.1 Å². The highest BCUT2D eigenvalue weighted by atomic mass is 19.1. The van der Waals surface area contributed by atoms with Crippen LogP contribution in [0.25, 0.3) is 0 Å². The molecule has 128 valence electrons. The zero-order valence-electron chi connectivity index (χ0n) is 12.9. The van der Waals surface area contributed by atoms with Gasteiger partial charge in [-0.25, -0.2) is 9.37 Å². The fourth-order valence-electron chi connectivity index (χ4n) is 1.95. The topological polar surface area (TPSA) is 130 Å². The lowest BCUT2D eigenvalue weighted by atomic mass is 10.2. The molecule has 0 aliphatic carbocycles. The van der Waals surface area contributed by atoms with Gasteiger partial charge in [-0.15, -0.1) is 0 Å². The highest BCUT2D eigenvalue weighted by molar-refractivity contribution is 5.94. The Labute approximate surface area is 136 Å². The van der Waals surface area contributed by atoms with Crippen LogP contribution in [0.4, 0.5) is 4.39 Å². The number of ether oxygens (including phenoxy) is 1. The first kappa shape index (κ1) is 17.6. The number of aromatic nitrogens is 2. The zero-order valence-corrected chi connectivity index (χ0v) is 12.9. The largest absolute Gasteiger partial charge is 0.501 e. The molecule has 0 aliphatic heterocycles. The molecule has 0 radical (unpaired) electrons. The molecule has 0 saturated carbocycles. The van der Waals surface area contributed by atoms with Crippen molar-refractivity contribution >= 4 is 5.91 Å². The SMILES string of the molecule is COCC(N)c1nc(C(=O)NCc2ccc(F)cc2)c(O)c(=O)[nH]1. The molecule has 8 nitrogen and oxygen atoms in total. The lowest BCUT2D eigenvalue weighted by Crippen LogP contribution is -2.29. The molecule has 0 fully saturated rings. The number of benzene rings is 1. The third-order valence-electron chi connectivity index (χ3n) is 3.19. The van der Waals surface area contributed by atoms with Crippen molar-refractivity contribution in [2.45, 2.75) is 12.6 Å². The van der Waals surface area contributed by atoms with E-state index in [0.717, 1.165) is 0 Å². The number of nitrogens with one attached hydrogen (secondary N) is 2. The van der Waals surface area contributed by atoms with E-state index in [0.29, 0.717) is 5.56 Å². The van der Waals surface area contributed by atoms with E-state index in [2.05, 4.69) is 15.3 Å². The number of nitrogens with zero attached hydrogens (tertiary/aromatic N) is 1. The van der Waals surface area contributed by atoms with Gasteiger partial charge in [-0.05, 0) is 17.7 Å². The number of H-pyrrole nitrogens is 1. The molecule has 1 amide bonds. The van der Waals surface area contributed by atoms with Gasteiger partial charge < -0.3 is 25.9 Å². The maximum atomic E-state index is 12.8. The molecule has 0 spiro atoms. The molecule has 2 aromatic rings. The summed E-state index contributed by atoms with van der Waals surface area (Å²) >= 11 is 0. The summed E-state index contributed by atoms with van der Waals surface area (Å²) in [6, 6.07) is 4.76. The van der Waals surface area contributed by atoms with Crippen molar-refractivity contribution in [1.29, 1.82) is 0 Å². The Morgan fingerprint density at radius 1 is 1.46 bits per heavy atom. The number of hydrogen-bond donors (Lipinski definition) is 4. The van der Waals surface area contributed by atoms with Gasteiger partial charge in [0.1, 0.15) is 11.6 Å². The number of hydrogen-bond acceptors (Lipinski definition) is 6. The number of aromatic amines is 1. The van der Waals surface area contributed by atoms with Crippen LogP contribution in [0.1, 0.15) is 27.9 Å². The van der Waals surface area contributed by atoms with E-state index in [1.54, 1.807) is 0 Å². The van der Waals surface area contributed by atoms with Crippen molar-refractivity contribution in [2.24, 2.45) is 5.73 Å². The van der Waals surface area contributed by atoms with Crippen molar-refractivity contribution in [2.75, 3.05) is 13.7 Å². The van der Waals surface area contributed by atoms with Gasteiger partial charge in [-0.3, -0.25) is 9.59 Å². The summed E-state index contributed by atoms with van der Waals surface area (Å²) in [6.07, 6.45) is 0. The van der Waals surface area contributed by atoms with Crippen molar-refractivity contribution < 1.29 is 19.0 Å². The summed E-state index contributed by atoms with van der Waals surface area (Å²) in [5.41, 5.74) is 5.09. The molecule has 1 aromatic carbocycles. The van der Waals surface area contributed by atoms with E-state index in [1.165, 1.54) is 31.4 Å². The average molecular weight is 336 g/mol. The van der Waals surface area contributed by atoms with Gasteiger partial charge in [0.25, 0.3) is 11.5 Å². The second-order valence-corrected chi connectivity index (χ2v) is 5.02. The number of amides is 1. The second kappa shape index (κ2) is 7.66. The van der Waals surface area contributed by atoms with Gasteiger partial charge in [0.15, 0.2) is 5.69 Å². The minimum Gasteiger partial charge on any atom is -0.501 e. The summed E-state index contributed by atoms with van der Waals surface area (Å²) in [6.45, 7) is 0.150. The van der Waals surface area contributed by atoms with Gasteiger partial charge in [0.2, 0.25) is 5.75 Å². The highest BCUT2D eigenvalue weighted by Crippen LogP contribution is 2.12. The summed E-state index contributed by atoms with van der Waals surface area (Å²) in [5.74, 6) is -1.93. The lowest BCUT2D eigenvalue weighted by Gasteiger charge is -2.12. The van der Waals surface area contributed by atoms with Crippen LogP contribution < -0.4 is 16.6 Å². The third kappa shape index (κ3) is 4.15. The summed E-state index contributed by atoms with van der Waals surface area (Å²) in [7, 11) is 1.43. The number of rotatable bonds is 6. The Morgan fingerprint density at radius 3 is 2.75 bits per heavy atom. The monoisotopic (exact) mass is 336 g/mol. The maximum Gasteiger partial charge on any atom is 0.293 e.